The molecule has 1 aromatic heterocycles. The van der Waals surface area contributed by atoms with Gasteiger partial charge in [-0.3, -0.25) is 14.5 Å². The highest BCUT2D eigenvalue weighted by Gasteiger charge is 2.51. The first-order valence-electron chi connectivity index (χ1n) is 7.82. The number of carbonyl (C=O) groups excluding carboxylic acids is 2. The third kappa shape index (κ3) is 4.42. The Kier molecular flexibility index (Phi) is 6.68. The predicted molar refractivity (Wildman–Crippen MR) is 104 cm³/mol. The summed E-state index contributed by atoms with van der Waals surface area (Å²) in [5.74, 6) is -0.747. The van der Waals surface area contributed by atoms with Gasteiger partial charge < -0.3 is 15.6 Å². The predicted octanol–water partition coefficient (Wildman–Crippen LogP) is 0.867. The molecule has 2 aliphatic heterocycles. The molecule has 3 heterocycles. The topological polar surface area (TPSA) is 136 Å². The number of carboxylic acids is 1. The van der Waals surface area contributed by atoms with E-state index in [0.717, 1.165) is 0 Å². The van der Waals surface area contributed by atoms with Gasteiger partial charge in [0.05, 0.1) is 12.4 Å². The normalized spacial score (nSPS) is 21.7. The first kappa shape index (κ1) is 20.5. The van der Waals surface area contributed by atoms with E-state index >= 15 is 0 Å². The number of hydrogen-bond acceptors (Lipinski definition) is 11. The summed E-state index contributed by atoms with van der Waals surface area (Å²) in [6, 6.07) is -0.638. The number of ether oxygens (including phenoxy) is 1. The summed E-state index contributed by atoms with van der Waals surface area (Å²) in [6.07, 6.45) is 0. The summed E-state index contributed by atoms with van der Waals surface area (Å²) in [6.45, 7) is 2.08. The molecule has 3 rings (SSSR count). The van der Waals surface area contributed by atoms with Crippen molar-refractivity contribution < 1.29 is 24.2 Å². The Morgan fingerprint density at radius 1 is 1.37 bits per heavy atom. The largest absolute Gasteiger partial charge is 0.477 e. The lowest BCUT2D eigenvalue weighted by Gasteiger charge is -2.48. The van der Waals surface area contributed by atoms with E-state index in [1.807, 2.05) is 0 Å². The molecule has 0 aliphatic carbocycles. The summed E-state index contributed by atoms with van der Waals surface area (Å²) in [5.41, 5.74) is 6.42. The molecular formula is C14H16N4O5S4. The van der Waals surface area contributed by atoms with Crippen LogP contribution in [0.3, 0.4) is 0 Å². The van der Waals surface area contributed by atoms with E-state index in [1.54, 1.807) is 6.92 Å². The van der Waals surface area contributed by atoms with Crippen molar-refractivity contribution in [2.45, 2.75) is 27.0 Å². The van der Waals surface area contributed by atoms with Crippen molar-refractivity contribution >= 4 is 64.5 Å². The van der Waals surface area contributed by atoms with Crippen molar-refractivity contribution in [1.29, 1.82) is 0 Å². The summed E-state index contributed by atoms with van der Waals surface area (Å²) in [7, 11) is 0. The number of β-lactam (4-membered cyclic amide) rings is 1. The Morgan fingerprint density at radius 2 is 2.07 bits per heavy atom. The Hall–Kier alpha value is -1.28. The minimum atomic E-state index is -1.13. The molecular weight excluding hydrogens is 432 g/mol. The number of nitrogens with two attached hydrogens (primary N) is 1. The second kappa shape index (κ2) is 8.82. The van der Waals surface area contributed by atoms with Crippen LogP contribution in [0.4, 0.5) is 0 Å². The van der Waals surface area contributed by atoms with Crippen molar-refractivity contribution in [3.05, 3.63) is 11.3 Å². The van der Waals surface area contributed by atoms with E-state index in [4.69, 9.17) is 10.5 Å². The van der Waals surface area contributed by atoms with Crippen LogP contribution in [0.5, 0.6) is 0 Å². The molecule has 0 saturated carbocycles. The van der Waals surface area contributed by atoms with Gasteiger partial charge in [-0.15, -0.1) is 22.0 Å². The van der Waals surface area contributed by atoms with Crippen LogP contribution >= 0.6 is 46.6 Å². The maximum absolute atomic E-state index is 11.9. The minimum Gasteiger partial charge on any atom is -0.477 e. The van der Waals surface area contributed by atoms with Gasteiger partial charge in [-0.05, 0) is 12.5 Å². The SMILES string of the molecule is CCOC(=O)CSc1nnc(SCC2=C(C(=O)O)N3C(=O)C(N)[C@H]3SC2)s1. The van der Waals surface area contributed by atoms with Crippen LogP contribution < -0.4 is 5.73 Å². The first-order chi connectivity index (χ1) is 12.9. The highest BCUT2D eigenvalue weighted by atomic mass is 32.2. The molecule has 1 unspecified atom stereocenters. The number of carbonyl (C=O) groups is 3. The zero-order chi connectivity index (χ0) is 19.6. The molecule has 2 atom stereocenters. The van der Waals surface area contributed by atoms with Gasteiger partial charge in [0.1, 0.15) is 17.1 Å². The number of carboxylic acid groups (broad SMARTS) is 1. The zero-order valence-electron chi connectivity index (χ0n) is 14.1. The standard InChI is InChI=1S/C14H16N4O5S4/c1-2-23-7(19)5-26-14-17-16-13(27-14)25-4-6-3-24-11-8(15)10(20)18(11)9(6)12(21)22/h8,11H,2-5,15H2,1H3,(H,21,22)/t8?,11-/m1/s1. The molecule has 1 aromatic rings. The summed E-state index contributed by atoms with van der Waals surface area (Å²) in [4.78, 5) is 36.2. The molecule has 0 spiro atoms. The fourth-order valence-corrected chi connectivity index (χ4v) is 6.73. The summed E-state index contributed by atoms with van der Waals surface area (Å²) < 4.78 is 6.16. The molecule has 1 fully saturated rings. The van der Waals surface area contributed by atoms with E-state index < -0.39 is 12.0 Å². The van der Waals surface area contributed by atoms with Gasteiger partial charge in [-0.2, -0.15) is 0 Å². The van der Waals surface area contributed by atoms with Crippen molar-refractivity contribution in [3.8, 4) is 0 Å². The van der Waals surface area contributed by atoms with Crippen molar-refractivity contribution in [3.63, 3.8) is 0 Å². The van der Waals surface area contributed by atoms with Crippen LogP contribution in [0.15, 0.2) is 19.9 Å². The second-order valence-electron chi connectivity index (χ2n) is 5.41. The third-order valence-corrected chi connectivity index (χ3v) is 8.28. The number of esters is 1. The number of aliphatic carboxylic acids is 1. The molecule has 27 heavy (non-hydrogen) atoms. The summed E-state index contributed by atoms with van der Waals surface area (Å²) >= 11 is 5.39. The van der Waals surface area contributed by atoms with E-state index in [1.165, 1.54) is 51.5 Å². The van der Waals surface area contributed by atoms with Gasteiger partial charge in [0.2, 0.25) is 5.91 Å². The molecule has 0 aromatic carbocycles. The van der Waals surface area contributed by atoms with Gasteiger partial charge in [0, 0.05) is 11.5 Å². The fraction of sp³-hybridized carbons (Fsp3) is 0.500. The smallest absolute Gasteiger partial charge is 0.352 e. The number of hydrogen-bond donors (Lipinski definition) is 2. The number of rotatable bonds is 8. The molecule has 0 bridgehead atoms. The van der Waals surface area contributed by atoms with Crippen LogP contribution in [-0.2, 0) is 19.1 Å². The van der Waals surface area contributed by atoms with Crippen LogP contribution in [-0.4, -0.2) is 73.3 Å². The molecule has 13 heteroatoms. The molecule has 146 valence electrons. The van der Waals surface area contributed by atoms with Gasteiger partial charge >= 0.3 is 11.9 Å². The van der Waals surface area contributed by atoms with E-state index in [2.05, 4.69) is 10.2 Å². The molecule has 2 aliphatic rings. The van der Waals surface area contributed by atoms with Crippen molar-refractivity contribution in [2.24, 2.45) is 5.73 Å². The molecule has 0 radical (unpaired) electrons. The van der Waals surface area contributed by atoms with Gasteiger partial charge in [-0.1, -0.05) is 34.9 Å². The third-order valence-electron chi connectivity index (χ3n) is 3.67. The number of thioether (sulfide) groups is 3. The zero-order valence-corrected chi connectivity index (χ0v) is 17.4. The highest BCUT2D eigenvalue weighted by molar-refractivity contribution is 8.03. The lowest BCUT2D eigenvalue weighted by Crippen LogP contribution is -2.68. The molecule has 1 saturated heterocycles. The number of nitrogens with zero attached hydrogens (tertiary/aromatic N) is 3. The maximum Gasteiger partial charge on any atom is 0.352 e. The molecule has 9 nitrogen and oxygen atoms in total. The Labute approximate surface area is 171 Å². The fourth-order valence-electron chi connectivity index (χ4n) is 2.48. The number of amides is 1. The minimum absolute atomic E-state index is 0.0272. The summed E-state index contributed by atoms with van der Waals surface area (Å²) in [5, 5.41) is 17.3. The van der Waals surface area contributed by atoms with Crippen LogP contribution in [0.25, 0.3) is 0 Å². The Balaban J connectivity index is 1.61. The lowest BCUT2D eigenvalue weighted by atomic mass is 10.0. The molecule has 3 N–H and O–H groups in total. The van der Waals surface area contributed by atoms with Crippen molar-refractivity contribution in [2.75, 3.05) is 23.9 Å². The number of fused-ring (bicyclic) bond motifs is 1. The van der Waals surface area contributed by atoms with Crippen LogP contribution in [0.2, 0.25) is 0 Å². The van der Waals surface area contributed by atoms with Gasteiger partial charge in [0.25, 0.3) is 0 Å². The second-order valence-corrected chi connectivity index (χ2v) is 9.94. The number of aromatic nitrogens is 2. The van der Waals surface area contributed by atoms with E-state index in [0.29, 0.717) is 32.4 Å². The van der Waals surface area contributed by atoms with Crippen molar-refractivity contribution in [1.82, 2.24) is 15.1 Å². The quantitative estimate of drug-likeness (QED) is 0.333. The van der Waals surface area contributed by atoms with Crippen LogP contribution in [0, 0.1) is 0 Å². The Bertz CT molecular complexity index is 798. The van der Waals surface area contributed by atoms with Crippen LogP contribution in [0.1, 0.15) is 6.92 Å². The molecule has 1 amide bonds. The van der Waals surface area contributed by atoms with Gasteiger partial charge in [0.15, 0.2) is 8.68 Å². The monoisotopic (exact) mass is 448 g/mol. The maximum atomic E-state index is 11.9. The average molecular weight is 449 g/mol. The van der Waals surface area contributed by atoms with E-state index in [9.17, 15) is 19.5 Å². The van der Waals surface area contributed by atoms with E-state index in [-0.39, 0.29) is 28.7 Å². The Morgan fingerprint density at radius 3 is 2.74 bits per heavy atom. The highest BCUT2D eigenvalue weighted by Crippen LogP contribution is 2.41. The average Bonchev–Trinajstić information content (AvgIpc) is 3.11. The lowest BCUT2D eigenvalue weighted by molar-refractivity contribution is -0.147. The van der Waals surface area contributed by atoms with Gasteiger partial charge in [-0.25, -0.2) is 4.79 Å². The first-order valence-corrected chi connectivity index (χ1v) is 11.7.